The summed E-state index contributed by atoms with van der Waals surface area (Å²) in [6.45, 7) is 10.0. The smallest absolute Gasteiger partial charge is 0.326 e. The molecule has 0 amide bonds. The van der Waals surface area contributed by atoms with Crippen molar-refractivity contribution < 1.29 is 33.0 Å². The number of carbonyl (C=O) groups is 3. The van der Waals surface area contributed by atoms with Crippen molar-refractivity contribution in [1.29, 1.82) is 0 Å². The van der Waals surface area contributed by atoms with Crippen molar-refractivity contribution >= 4 is 24.3 Å². The third-order valence-corrected chi connectivity index (χ3v) is 4.31. The Labute approximate surface area is 177 Å². The standard InChI is InChI=1S/C23H31FO6/c1-7-28-15-23(14-25,21(27)30-22(4,5)6)19(16(3)20(26)29-8-2)13-17-9-11-18(24)12-10-17/h9-14,16H,7-8,15H2,1-6H3. The Kier molecular flexibility index (Phi) is 9.36. The van der Waals surface area contributed by atoms with Gasteiger partial charge in [0.25, 0.3) is 0 Å². The first-order valence-corrected chi connectivity index (χ1v) is 9.92. The van der Waals surface area contributed by atoms with Crippen molar-refractivity contribution in [2.24, 2.45) is 11.3 Å². The summed E-state index contributed by atoms with van der Waals surface area (Å²) in [4.78, 5) is 38.1. The summed E-state index contributed by atoms with van der Waals surface area (Å²) < 4.78 is 29.4. The fourth-order valence-corrected chi connectivity index (χ4v) is 2.82. The van der Waals surface area contributed by atoms with Crippen LogP contribution in [0.5, 0.6) is 0 Å². The number of aldehydes is 1. The molecule has 0 aliphatic heterocycles. The number of esters is 2. The van der Waals surface area contributed by atoms with Crippen LogP contribution in [0.4, 0.5) is 4.39 Å². The SMILES string of the molecule is CCOCC(C=O)(C(=O)OC(C)(C)C)C(=Cc1ccc(F)cc1)C(C)C(=O)OCC. The molecule has 7 heteroatoms. The summed E-state index contributed by atoms with van der Waals surface area (Å²) in [5, 5.41) is 0. The second kappa shape index (κ2) is 11.0. The Morgan fingerprint density at radius 3 is 2.17 bits per heavy atom. The molecular weight excluding hydrogens is 391 g/mol. The van der Waals surface area contributed by atoms with E-state index >= 15 is 0 Å². The first-order valence-electron chi connectivity index (χ1n) is 9.92. The molecule has 0 saturated carbocycles. The van der Waals surface area contributed by atoms with Crippen molar-refractivity contribution in [3.63, 3.8) is 0 Å². The maximum Gasteiger partial charge on any atom is 0.326 e. The third-order valence-electron chi connectivity index (χ3n) is 4.31. The highest BCUT2D eigenvalue weighted by Gasteiger charge is 2.48. The highest BCUT2D eigenvalue weighted by Crippen LogP contribution is 2.37. The van der Waals surface area contributed by atoms with Crippen LogP contribution in [-0.4, -0.2) is 43.6 Å². The topological polar surface area (TPSA) is 78.9 Å². The second-order valence-corrected chi connectivity index (χ2v) is 7.85. The molecule has 0 spiro atoms. The molecule has 1 aromatic carbocycles. The molecule has 166 valence electrons. The molecule has 0 aromatic heterocycles. The average Bonchev–Trinajstić information content (AvgIpc) is 2.67. The van der Waals surface area contributed by atoms with Gasteiger partial charge in [0.1, 0.15) is 17.7 Å². The first kappa shape index (κ1) is 25.5. The van der Waals surface area contributed by atoms with E-state index in [9.17, 15) is 18.8 Å². The molecule has 6 nitrogen and oxygen atoms in total. The molecule has 1 aromatic rings. The quantitative estimate of drug-likeness (QED) is 0.322. The van der Waals surface area contributed by atoms with Gasteiger partial charge in [-0.25, -0.2) is 4.39 Å². The normalized spacial score (nSPS) is 15.1. The van der Waals surface area contributed by atoms with E-state index in [1.807, 2.05) is 0 Å². The largest absolute Gasteiger partial charge is 0.466 e. The van der Waals surface area contributed by atoms with Crippen LogP contribution in [0.1, 0.15) is 47.1 Å². The van der Waals surface area contributed by atoms with Gasteiger partial charge in [0, 0.05) is 6.61 Å². The molecule has 0 heterocycles. The molecule has 30 heavy (non-hydrogen) atoms. The van der Waals surface area contributed by atoms with Crippen LogP contribution in [0.15, 0.2) is 29.8 Å². The third kappa shape index (κ3) is 6.76. The van der Waals surface area contributed by atoms with Gasteiger partial charge in [0.15, 0.2) is 5.41 Å². The molecule has 0 radical (unpaired) electrons. The van der Waals surface area contributed by atoms with E-state index in [1.165, 1.54) is 30.3 Å². The lowest BCUT2D eigenvalue weighted by atomic mass is 9.75. The number of carbonyl (C=O) groups excluding carboxylic acids is 3. The van der Waals surface area contributed by atoms with Crippen LogP contribution in [-0.2, 0) is 28.6 Å². The monoisotopic (exact) mass is 422 g/mol. The number of hydrogen-bond donors (Lipinski definition) is 0. The summed E-state index contributed by atoms with van der Waals surface area (Å²) in [7, 11) is 0. The van der Waals surface area contributed by atoms with Crippen molar-refractivity contribution in [2.75, 3.05) is 19.8 Å². The van der Waals surface area contributed by atoms with Gasteiger partial charge in [-0.1, -0.05) is 18.2 Å². The van der Waals surface area contributed by atoms with Gasteiger partial charge in [0.2, 0.25) is 0 Å². The number of halogens is 1. The molecule has 2 unspecified atom stereocenters. The Balaban J connectivity index is 3.68. The maximum absolute atomic E-state index is 13.3. The van der Waals surface area contributed by atoms with Crippen LogP contribution >= 0.6 is 0 Å². The summed E-state index contributed by atoms with van der Waals surface area (Å²) in [6.07, 6.45) is 1.96. The van der Waals surface area contributed by atoms with Gasteiger partial charge in [-0.05, 0) is 64.8 Å². The fraction of sp³-hybridized carbons (Fsp3) is 0.522. The molecule has 0 aliphatic rings. The van der Waals surface area contributed by atoms with Crippen LogP contribution in [0.25, 0.3) is 6.08 Å². The maximum atomic E-state index is 13.3. The highest BCUT2D eigenvalue weighted by atomic mass is 19.1. The number of rotatable bonds is 10. The zero-order valence-electron chi connectivity index (χ0n) is 18.5. The highest BCUT2D eigenvalue weighted by molar-refractivity contribution is 6.00. The minimum absolute atomic E-state index is 0.138. The van der Waals surface area contributed by atoms with Crippen LogP contribution < -0.4 is 0 Å². The number of ether oxygens (including phenoxy) is 3. The van der Waals surface area contributed by atoms with Crippen molar-refractivity contribution in [3.05, 3.63) is 41.2 Å². The lowest BCUT2D eigenvalue weighted by Gasteiger charge is -2.34. The average molecular weight is 422 g/mol. The predicted molar refractivity (Wildman–Crippen MR) is 111 cm³/mol. The van der Waals surface area contributed by atoms with Gasteiger partial charge in [-0.15, -0.1) is 0 Å². The zero-order valence-corrected chi connectivity index (χ0v) is 18.5. The molecule has 0 fully saturated rings. The summed E-state index contributed by atoms with van der Waals surface area (Å²) in [5.74, 6) is -2.82. The van der Waals surface area contributed by atoms with Crippen LogP contribution in [0.3, 0.4) is 0 Å². The zero-order chi connectivity index (χ0) is 22.9. The van der Waals surface area contributed by atoms with Gasteiger partial charge in [-0.2, -0.15) is 0 Å². The summed E-state index contributed by atoms with van der Waals surface area (Å²) in [5.41, 5.74) is -2.07. The van der Waals surface area contributed by atoms with Gasteiger partial charge in [-0.3, -0.25) is 9.59 Å². The molecule has 1 rings (SSSR count). The van der Waals surface area contributed by atoms with E-state index in [4.69, 9.17) is 14.2 Å². The molecule has 0 saturated heterocycles. The Hall–Kier alpha value is -2.54. The molecule has 2 atom stereocenters. The van der Waals surface area contributed by atoms with E-state index in [-0.39, 0.29) is 25.4 Å². The fourth-order valence-electron chi connectivity index (χ4n) is 2.82. The number of hydrogen-bond acceptors (Lipinski definition) is 6. The van der Waals surface area contributed by atoms with E-state index in [0.717, 1.165) is 0 Å². The van der Waals surface area contributed by atoms with Gasteiger partial charge < -0.3 is 19.0 Å². The Morgan fingerprint density at radius 2 is 1.70 bits per heavy atom. The van der Waals surface area contributed by atoms with E-state index in [1.54, 1.807) is 41.5 Å². The van der Waals surface area contributed by atoms with Gasteiger partial charge in [0.05, 0.1) is 19.1 Å². The summed E-state index contributed by atoms with van der Waals surface area (Å²) >= 11 is 0. The molecule has 0 bridgehead atoms. The van der Waals surface area contributed by atoms with Crippen LogP contribution in [0, 0.1) is 17.2 Å². The Bertz CT molecular complexity index is 763. The molecule has 0 N–H and O–H groups in total. The summed E-state index contributed by atoms with van der Waals surface area (Å²) in [6, 6.07) is 5.46. The first-order chi connectivity index (χ1) is 14.0. The van der Waals surface area contributed by atoms with Crippen LogP contribution in [0.2, 0.25) is 0 Å². The number of benzene rings is 1. The minimum atomic E-state index is -1.87. The van der Waals surface area contributed by atoms with Crippen molar-refractivity contribution in [3.8, 4) is 0 Å². The van der Waals surface area contributed by atoms with E-state index < -0.39 is 34.7 Å². The van der Waals surface area contributed by atoms with Crippen molar-refractivity contribution in [2.45, 2.75) is 47.1 Å². The Morgan fingerprint density at radius 1 is 1.10 bits per heavy atom. The second-order valence-electron chi connectivity index (χ2n) is 7.85. The van der Waals surface area contributed by atoms with E-state index in [2.05, 4.69) is 0 Å². The van der Waals surface area contributed by atoms with Crippen molar-refractivity contribution in [1.82, 2.24) is 0 Å². The van der Waals surface area contributed by atoms with Gasteiger partial charge >= 0.3 is 11.9 Å². The predicted octanol–water partition coefficient (Wildman–Crippen LogP) is 3.97. The molecule has 0 aliphatic carbocycles. The minimum Gasteiger partial charge on any atom is -0.466 e. The van der Waals surface area contributed by atoms with E-state index in [0.29, 0.717) is 11.8 Å². The molecular formula is C23H31FO6. The lowest BCUT2D eigenvalue weighted by Crippen LogP contribution is -2.46. The lowest BCUT2D eigenvalue weighted by molar-refractivity contribution is -0.169.